The lowest BCUT2D eigenvalue weighted by Gasteiger charge is -2.04. The van der Waals surface area contributed by atoms with Crippen LogP contribution in [-0.2, 0) is 0 Å². The minimum atomic E-state index is 0.548. The van der Waals surface area contributed by atoms with Gasteiger partial charge in [0.05, 0.1) is 5.56 Å². The summed E-state index contributed by atoms with van der Waals surface area (Å²) in [6.07, 6.45) is 2.42. The zero-order valence-corrected chi connectivity index (χ0v) is 16.0. The van der Waals surface area contributed by atoms with Crippen molar-refractivity contribution in [3.63, 3.8) is 0 Å². The Morgan fingerprint density at radius 2 is 1.40 bits per heavy atom. The molecule has 1 heterocycles. The highest BCUT2D eigenvalue weighted by Gasteiger charge is 2.33. The van der Waals surface area contributed by atoms with Gasteiger partial charge in [-0.3, -0.25) is 0 Å². The molecular formula is C23H29NO. The van der Waals surface area contributed by atoms with Crippen molar-refractivity contribution >= 4 is 0 Å². The molecule has 2 heteroatoms. The molecule has 0 bridgehead atoms. The molecule has 1 aliphatic carbocycles. The van der Waals surface area contributed by atoms with Crippen molar-refractivity contribution in [1.82, 2.24) is 5.16 Å². The third-order valence-electron chi connectivity index (χ3n) is 4.05. The van der Waals surface area contributed by atoms with Crippen molar-refractivity contribution in [2.24, 2.45) is 0 Å². The Morgan fingerprint density at radius 1 is 0.800 bits per heavy atom. The molecule has 3 aromatic rings. The van der Waals surface area contributed by atoms with Gasteiger partial charge < -0.3 is 4.52 Å². The summed E-state index contributed by atoms with van der Waals surface area (Å²) in [5, 5.41) is 4.38. The fraction of sp³-hybridized carbons (Fsp3) is 0.348. The molecule has 4 rings (SSSR count). The van der Waals surface area contributed by atoms with E-state index in [4.69, 9.17) is 4.52 Å². The Kier molecular flexibility index (Phi) is 7.00. The van der Waals surface area contributed by atoms with Gasteiger partial charge in [-0.1, -0.05) is 93.0 Å². The van der Waals surface area contributed by atoms with Gasteiger partial charge in [-0.2, -0.15) is 0 Å². The molecule has 0 saturated heterocycles. The molecule has 0 N–H and O–H groups in total. The molecule has 1 aromatic heterocycles. The normalized spacial score (nSPS) is 12.5. The highest BCUT2D eigenvalue weighted by molar-refractivity contribution is 5.82. The summed E-state index contributed by atoms with van der Waals surface area (Å²) < 4.78 is 5.71. The van der Waals surface area contributed by atoms with Gasteiger partial charge in [0.2, 0.25) is 0 Å². The number of hydrogen-bond acceptors (Lipinski definition) is 2. The van der Waals surface area contributed by atoms with E-state index in [2.05, 4.69) is 60.6 Å². The molecule has 132 valence electrons. The molecule has 2 aromatic carbocycles. The van der Waals surface area contributed by atoms with E-state index in [0.29, 0.717) is 5.92 Å². The second-order valence-electron chi connectivity index (χ2n) is 5.78. The van der Waals surface area contributed by atoms with Gasteiger partial charge in [0.25, 0.3) is 0 Å². The number of aryl methyl sites for hydroxylation is 1. The fourth-order valence-electron chi connectivity index (χ4n) is 2.72. The predicted octanol–water partition coefficient (Wildman–Crippen LogP) is 7.25. The van der Waals surface area contributed by atoms with E-state index in [1.807, 2.05) is 33.8 Å². The van der Waals surface area contributed by atoms with E-state index >= 15 is 0 Å². The summed E-state index contributed by atoms with van der Waals surface area (Å²) in [5.74, 6) is 1.60. The van der Waals surface area contributed by atoms with E-state index in [9.17, 15) is 0 Å². The third kappa shape index (κ3) is 4.39. The Labute approximate surface area is 151 Å². The first-order chi connectivity index (χ1) is 12.3. The molecule has 0 unspecified atom stereocenters. The van der Waals surface area contributed by atoms with Gasteiger partial charge in [-0.15, -0.1) is 0 Å². The van der Waals surface area contributed by atoms with Gasteiger partial charge in [0.1, 0.15) is 11.5 Å². The smallest absolute Gasteiger partial charge is 0.148 e. The van der Waals surface area contributed by atoms with Crippen LogP contribution >= 0.6 is 0 Å². The predicted molar refractivity (Wildman–Crippen MR) is 107 cm³/mol. The SMILES string of the molecule is CC.CC.Cc1ccc(-c2noc(C3CC3)c2-c2ccccc2)cc1. The van der Waals surface area contributed by atoms with Crippen LogP contribution in [0.1, 0.15) is 57.8 Å². The minimum Gasteiger partial charge on any atom is -0.360 e. The molecule has 2 nitrogen and oxygen atoms in total. The monoisotopic (exact) mass is 335 g/mol. The summed E-state index contributed by atoms with van der Waals surface area (Å²) in [6, 6.07) is 18.9. The summed E-state index contributed by atoms with van der Waals surface area (Å²) in [4.78, 5) is 0. The molecular weight excluding hydrogens is 306 g/mol. The largest absolute Gasteiger partial charge is 0.360 e. The molecule has 25 heavy (non-hydrogen) atoms. The van der Waals surface area contributed by atoms with Gasteiger partial charge in [0.15, 0.2) is 0 Å². The van der Waals surface area contributed by atoms with Crippen molar-refractivity contribution in [2.75, 3.05) is 0 Å². The molecule has 0 radical (unpaired) electrons. The van der Waals surface area contributed by atoms with E-state index in [0.717, 1.165) is 17.0 Å². The Morgan fingerprint density at radius 3 is 1.96 bits per heavy atom. The fourth-order valence-corrected chi connectivity index (χ4v) is 2.72. The lowest BCUT2D eigenvalue weighted by atomic mass is 9.97. The number of benzene rings is 2. The van der Waals surface area contributed by atoms with Crippen molar-refractivity contribution in [1.29, 1.82) is 0 Å². The van der Waals surface area contributed by atoms with Crippen LogP contribution in [0.25, 0.3) is 22.4 Å². The van der Waals surface area contributed by atoms with Crippen molar-refractivity contribution < 1.29 is 4.52 Å². The van der Waals surface area contributed by atoms with E-state index < -0.39 is 0 Å². The van der Waals surface area contributed by atoms with E-state index in [1.165, 1.54) is 29.5 Å². The average molecular weight is 335 g/mol. The minimum absolute atomic E-state index is 0.548. The third-order valence-corrected chi connectivity index (χ3v) is 4.05. The van der Waals surface area contributed by atoms with E-state index in [-0.39, 0.29) is 0 Å². The molecule has 0 aliphatic heterocycles. The van der Waals surface area contributed by atoms with Gasteiger partial charge in [0, 0.05) is 11.5 Å². The maximum Gasteiger partial charge on any atom is 0.148 e. The summed E-state index contributed by atoms with van der Waals surface area (Å²) in [6.45, 7) is 10.1. The first-order valence-electron chi connectivity index (χ1n) is 9.45. The van der Waals surface area contributed by atoms with Gasteiger partial charge in [-0.25, -0.2) is 0 Å². The first kappa shape index (κ1) is 19.0. The van der Waals surface area contributed by atoms with Crippen LogP contribution in [0, 0.1) is 6.92 Å². The Balaban J connectivity index is 0.000000528. The van der Waals surface area contributed by atoms with Crippen molar-refractivity contribution in [3.8, 4) is 22.4 Å². The van der Waals surface area contributed by atoms with Crippen LogP contribution in [0.3, 0.4) is 0 Å². The quantitative estimate of drug-likeness (QED) is 0.504. The van der Waals surface area contributed by atoms with E-state index in [1.54, 1.807) is 0 Å². The van der Waals surface area contributed by atoms with Crippen LogP contribution in [0.5, 0.6) is 0 Å². The number of hydrogen-bond donors (Lipinski definition) is 0. The van der Waals surface area contributed by atoms with Gasteiger partial charge in [-0.05, 0) is 25.3 Å². The highest BCUT2D eigenvalue weighted by Crippen LogP contribution is 2.47. The lowest BCUT2D eigenvalue weighted by molar-refractivity contribution is 0.387. The molecule has 1 aliphatic rings. The van der Waals surface area contributed by atoms with Crippen LogP contribution in [0.4, 0.5) is 0 Å². The second kappa shape index (κ2) is 9.22. The molecule has 0 atom stereocenters. The van der Waals surface area contributed by atoms with Crippen molar-refractivity contribution in [2.45, 2.75) is 53.4 Å². The van der Waals surface area contributed by atoms with Crippen LogP contribution in [0.2, 0.25) is 0 Å². The Hall–Kier alpha value is -2.35. The zero-order valence-electron chi connectivity index (χ0n) is 16.0. The van der Waals surface area contributed by atoms with Crippen LogP contribution in [-0.4, -0.2) is 5.16 Å². The zero-order chi connectivity index (χ0) is 18.2. The lowest BCUT2D eigenvalue weighted by Crippen LogP contribution is -1.86. The number of rotatable bonds is 3. The molecule has 0 amide bonds. The average Bonchev–Trinajstić information content (AvgIpc) is 3.45. The molecule has 1 fully saturated rings. The number of nitrogens with zero attached hydrogens (tertiary/aromatic N) is 1. The standard InChI is InChI=1S/C19H17NO.2C2H6/c1-13-7-9-15(10-8-13)18-17(14-5-3-2-4-6-14)19(21-20-18)16-11-12-16;2*1-2/h2-10,16H,11-12H2,1H3;2*1-2H3. The Bertz CT molecular complexity index is 753. The first-order valence-corrected chi connectivity index (χ1v) is 9.45. The van der Waals surface area contributed by atoms with Crippen molar-refractivity contribution in [3.05, 3.63) is 65.9 Å². The summed E-state index contributed by atoms with van der Waals surface area (Å²) in [5.41, 5.74) is 5.70. The van der Waals surface area contributed by atoms with Crippen LogP contribution in [0.15, 0.2) is 59.1 Å². The molecule has 0 spiro atoms. The topological polar surface area (TPSA) is 26.0 Å². The van der Waals surface area contributed by atoms with Crippen LogP contribution < -0.4 is 0 Å². The summed E-state index contributed by atoms with van der Waals surface area (Å²) in [7, 11) is 0. The second-order valence-corrected chi connectivity index (χ2v) is 5.78. The molecule has 1 saturated carbocycles. The highest BCUT2D eigenvalue weighted by atomic mass is 16.5. The summed E-state index contributed by atoms with van der Waals surface area (Å²) >= 11 is 0. The van der Waals surface area contributed by atoms with Gasteiger partial charge >= 0.3 is 0 Å². The maximum atomic E-state index is 5.71. The maximum absolute atomic E-state index is 5.71. The number of aromatic nitrogens is 1.